The van der Waals surface area contributed by atoms with Crippen molar-refractivity contribution < 1.29 is 4.79 Å². The first-order valence-corrected chi connectivity index (χ1v) is 6.10. The second kappa shape index (κ2) is 3.17. The molecule has 1 aromatic rings. The van der Waals surface area contributed by atoms with Crippen LogP contribution in [-0.4, -0.2) is 9.02 Å². The van der Waals surface area contributed by atoms with Gasteiger partial charge in [-0.05, 0) is 17.7 Å². The van der Waals surface area contributed by atoms with Crippen LogP contribution in [0.5, 0.6) is 0 Å². The molecule has 0 radical (unpaired) electrons. The lowest BCUT2D eigenvalue weighted by atomic mass is 10.1. The van der Waals surface area contributed by atoms with E-state index in [1.54, 1.807) is 0 Å². The molecule has 0 amide bonds. The van der Waals surface area contributed by atoms with Crippen molar-refractivity contribution in [3.63, 3.8) is 0 Å². The summed E-state index contributed by atoms with van der Waals surface area (Å²) in [4.78, 5) is 11.8. The normalized spacial score (nSPS) is 18.8. The van der Waals surface area contributed by atoms with E-state index < -0.39 is 3.23 Å². The second-order valence-electron chi connectivity index (χ2n) is 3.01. The van der Waals surface area contributed by atoms with E-state index in [1.807, 2.05) is 18.2 Å². The van der Waals surface area contributed by atoms with Gasteiger partial charge in [-0.2, -0.15) is 0 Å². The highest BCUT2D eigenvalue weighted by atomic mass is 79.9. The van der Waals surface area contributed by atoms with E-state index >= 15 is 0 Å². The van der Waals surface area contributed by atoms with Crippen molar-refractivity contribution in [2.75, 3.05) is 0 Å². The lowest BCUT2D eigenvalue weighted by Gasteiger charge is -2.07. The van der Waals surface area contributed by atoms with Gasteiger partial charge in [0.2, 0.25) is 0 Å². The summed E-state index contributed by atoms with van der Waals surface area (Å²) in [5.74, 6) is 0.101. The first-order valence-electron chi connectivity index (χ1n) is 3.72. The Morgan fingerprint density at radius 3 is 2.69 bits per heavy atom. The topological polar surface area (TPSA) is 17.1 Å². The molecule has 1 aliphatic carbocycles. The predicted octanol–water partition coefficient (Wildman–Crippen LogP) is 3.67. The smallest absolute Gasteiger partial charge is 0.190 e. The van der Waals surface area contributed by atoms with Crippen molar-refractivity contribution in [2.45, 2.75) is 9.65 Å². The van der Waals surface area contributed by atoms with Crippen LogP contribution >= 0.6 is 47.8 Å². The molecule has 2 rings (SSSR count). The third kappa shape index (κ3) is 1.64. The molecular weight excluding hydrogens is 364 g/mol. The molecule has 0 unspecified atom stereocenters. The van der Waals surface area contributed by atoms with Gasteiger partial charge >= 0.3 is 0 Å². The van der Waals surface area contributed by atoms with Crippen LogP contribution in [0.25, 0.3) is 0 Å². The number of carbonyl (C=O) groups excluding carboxylic acids is 1. The van der Waals surface area contributed by atoms with Gasteiger partial charge in [-0.3, -0.25) is 4.79 Å². The van der Waals surface area contributed by atoms with Gasteiger partial charge in [0.25, 0.3) is 0 Å². The van der Waals surface area contributed by atoms with Crippen molar-refractivity contribution in [3.05, 3.63) is 33.8 Å². The molecule has 4 heteroatoms. The Kier molecular flexibility index (Phi) is 2.41. The van der Waals surface area contributed by atoms with Gasteiger partial charge in [-0.15, -0.1) is 0 Å². The molecule has 1 aromatic carbocycles. The lowest BCUT2D eigenvalue weighted by molar-refractivity contribution is 0.0994. The molecule has 0 aromatic heterocycles. The fourth-order valence-electron chi connectivity index (χ4n) is 1.43. The number of alkyl halides is 2. The van der Waals surface area contributed by atoms with Gasteiger partial charge in [-0.1, -0.05) is 53.9 Å². The van der Waals surface area contributed by atoms with Crippen molar-refractivity contribution in [1.29, 1.82) is 0 Å². The number of hydrogen-bond acceptors (Lipinski definition) is 1. The number of benzene rings is 1. The van der Waals surface area contributed by atoms with Gasteiger partial charge in [0.05, 0.1) is 0 Å². The third-order valence-electron chi connectivity index (χ3n) is 2.06. The van der Waals surface area contributed by atoms with Crippen LogP contribution in [0.3, 0.4) is 0 Å². The van der Waals surface area contributed by atoms with Gasteiger partial charge in [0.15, 0.2) is 5.78 Å². The molecule has 0 fully saturated rings. The monoisotopic (exact) mass is 366 g/mol. The van der Waals surface area contributed by atoms with E-state index in [0.717, 1.165) is 15.6 Å². The first-order chi connectivity index (χ1) is 6.00. The molecule has 0 bridgehead atoms. The van der Waals surface area contributed by atoms with Gasteiger partial charge < -0.3 is 0 Å². The molecule has 0 N–H and O–H groups in total. The van der Waals surface area contributed by atoms with Crippen molar-refractivity contribution in [3.8, 4) is 0 Å². The minimum absolute atomic E-state index is 0.101. The Morgan fingerprint density at radius 1 is 1.31 bits per heavy atom. The standard InChI is InChI=1S/C9H5Br3O/c10-6-2-1-5-4-9(11,12)8(13)7(5)3-6/h1-3H,4H2. The predicted molar refractivity (Wildman–Crippen MR) is 62.8 cm³/mol. The molecule has 0 heterocycles. The van der Waals surface area contributed by atoms with Crippen molar-refractivity contribution in [1.82, 2.24) is 0 Å². The van der Waals surface area contributed by atoms with Crippen LogP contribution in [0.2, 0.25) is 0 Å². The van der Waals surface area contributed by atoms with E-state index in [1.165, 1.54) is 0 Å². The summed E-state index contributed by atoms with van der Waals surface area (Å²) in [7, 11) is 0. The maximum atomic E-state index is 11.8. The highest BCUT2D eigenvalue weighted by molar-refractivity contribution is 9.26. The number of rotatable bonds is 0. The zero-order chi connectivity index (χ0) is 9.64. The highest BCUT2D eigenvalue weighted by Gasteiger charge is 2.41. The van der Waals surface area contributed by atoms with Crippen LogP contribution in [0, 0.1) is 0 Å². The maximum absolute atomic E-state index is 11.8. The van der Waals surface area contributed by atoms with Gasteiger partial charge in [-0.25, -0.2) is 0 Å². The molecule has 0 atom stereocenters. The minimum atomic E-state index is -0.580. The Labute approximate surface area is 101 Å². The van der Waals surface area contributed by atoms with Crippen molar-refractivity contribution in [2.24, 2.45) is 0 Å². The fraction of sp³-hybridized carbons (Fsp3) is 0.222. The van der Waals surface area contributed by atoms with E-state index in [-0.39, 0.29) is 5.78 Å². The maximum Gasteiger partial charge on any atom is 0.190 e. The molecule has 0 saturated carbocycles. The summed E-state index contributed by atoms with van der Waals surface area (Å²) in [5.41, 5.74) is 1.88. The first kappa shape index (κ1) is 9.87. The molecule has 68 valence electrons. The molecule has 0 aliphatic heterocycles. The summed E-state index contributed by atoms with van der Waals surface area (Å²) in [6.07, 6.45) is 0.703. The molecule has 13 heavy (non-hydrogen) atoms. The Balaban J connectivity index is 2.57. The average Bonchev–Trinajstić information content (AvgIpc) is 2.26. The van der Waals surface area contributed by atoms with Crippen LogP contribution in [0.1, 0.15) is 15.9 Å². The molecule has 1 aliphatic rings. The average molecular weight is 369 g/mol. The summed E-state index contributed by atoms with van der Waals surface area (Å²) < 4.78 is 0.362. The number of halogens is 3. The Morgan fingerprint density at radius 2 is 2.00 bits per heavy atom. The van der Waals surface area contributed by atoms with Crippen molar-refractivity contribution >= 4 is 53.6 Å². The number of hydrogen-bond donors (Lipinski definition) is 0. The number of carbonyl (C=O) groups is 1. The SMILES string of the molecule is O=C1c2cc(Br)ccc2CC1(Br)Br. The van der Waals surface area contributed by atoms with E-state index in [2.05, 4.69) is 47.8 Å². The number of fused-ring (bicyclic) bond motifs is 1. The van der Waals surface area contributed by atoms with Crippen LogP contribution in [-0.2, 0) is 6.42 Å². The minimum Gasteiger partial charge on any atom is -0.292 e. The summed E-state index contributed by atoms with van der Waals surface area (Å²) in [5, 5.41) is 0. The number of ketones is 1. The Bertz CT molecular complexity index is 384. The Hall–Kier alpha value is 0.330. The van der Waals surface area contributed by atoms with E-state index in [4.69, 9.17) is 0 Å². The van der Waals surface area contributed by atoms with E-state index in [9.17, 15) is 4.79 Å². The fourth-order valence-corrected chi connectivity index (χ4v) is 2.82. The zero-order valence-corrected chi connectivity index (χ0v) is 11.2. The van der Waals surface area contributed by atoms with Gasteiger partial charge in [0.1, 0.15) is 3.23 Å². The van der Waals surface area contributed by atoms with Crippen LogP contribution in [0.15, 0.2) is 22.7 Å². The third-order valence-corrected chi connectivity index (χ3v) is 3.84. The van der Waals surface area contributed by atoms with Crippen LogP contribution in [0.4, 0.5) is 0 Å². The van der Waals surface area contributed by atoms with Crippen LogP contribution < -0.4 is 0 Å². The molecule has 0 spiro atoms. The summed E-state index contributed by atoms with van der Waals surface area (Å²) in [6, 6.07) is 5.79. The molecule has 1 nitrogen and oxygen atoms in total. The van der Waals surface area contributed by atoms with E-state index in [0.29, 0.717) is 6.42 Å². The summed E-state index contributed by atoms with van der Waals surface area (Å²) in [6.45, 7) is 0. The highest BCUT2D eigenvalue weighted by Crippen LogP contribution is 2.41. The summed E-state index contributed by atoms with van der Waals surface area (Å²) >= 11 is 10.1. The number of Topliss-reactive ketones (excluding diaryl/α,β-unsaturated/α-hetero) is 1. The largest absolute Gasteiger partial charge is 0.292 e. The molecule has 0 saturated heterocycles. The molecular formula is C9H5Br3O. The zero-order valence-electron chi connectivity index (χ0n) is 6.48. The quantitative estimate of drug-likeness (QED) is 0.638. The second-order valence-corrected chi connectivity index (χ2v) is 7.70. The van der Waals surface area contributed by atoms with Gasteiger partial charge in [0, 0.05) is 16.5 Å². The lowest BCUT2D eigenvalue weighted by Crippen LogP contribution is -2.19.